The zero-order valence-electron chi connectivity index (χ0n) is 9.99. The first-order valence-electron chi connectivity index (χ1n) is 5.70. The fraction of sp³-hybridized carbons (Fsp3) is 0.308. The first kappa shape index (κ1) is 13.1. The van der Waals surface area contributed by atoms with Crippen molar-refractivity contribution in [3.63, 3.8) is 0 Å². The van der Waals surface area contributed by atoms with Crippen LogP contribution in [-0.4, -0.2) is 11.5 Å². The smallest absolute Gasteiger partial charge is 0.133 e. The quantitative estimate of drug-likeness (QED) is 0.924. The third kappa shape index (κ3) is 2.91. The lowest BCUT2D eigenvalue weighted by Crippen LogP contribution is -2.13. The molecule has 0 aliphatic carbocycles. The molecule has 0 saturated heterocycles. The first-order chi connectivity index (χ1) is 8.60. The highest BCUT2D eigenvalue weighted by Gasteiger charge is 2.12. The van der Waals surface area contributed by atoms with E-state index in [0.717, 1.165) is 24.2 Å². The van der Waals surface area contributed by atoms with E-state index in [9.17, 15) is 8.78 Å². The van der Waals surface area contributed by atoms with Gasteiger partial charge < -0.3 is 5.73 Å². The summed E-state index contributed by atoms with van der Waals surface area (Å²) in [5.74, 6) is -0.583. The first-order valence-corrected chi connectivity index (χ1v) is 6.58. The summed E-state index contributed by atoms with van der Waals surface area (Å²) < 4.78 is 26.7. The average molecular weight is 268 g/mol. The van der Waals surface area contributed by atoms with Gasteiger partial charge in [0, 0.05) is 10.9 Å². The van der Waals surface area contributed by atoms with Gasteiger partial charge in [-0.2, -0.15) is 0 Å². The van der Waals surface area contributed by atoms with Crippen LogP contribution in [0.15, 0.2) is 23.6 Å². The zero-order valence-corrected chi connectivity index (χ0v) is 10.8. The molecule has 5 heteroatoms. The Bertz CT molecular complexity index is 540. The van der Waals surface area contributed by atoms with Crippen molar-refractivity contribution >= 4 is 11.3 Å². The molecule has 1 aromatic carbocycles. The van der Waals surface area contributed by atoms with Gasteiger partial charge in [-0.05, 0) is 37.1 Å². The summed E-state index contributed by atoms with van der Waals surface area (Å²) in [6.07, 6.45) is 0.754. The van der Waals surface area contributed by atoms with E-state index in [2.05, 4.69) is 4.98 Å². The van der Waals surface area contributed by atoms with E-state index >= 15 is 0 Å². The molecule has 0 aliphatic heterocycles. The molecular formula is C13H14F2N2S. The highest BCUT2D eigenvalue weighted by Crippen LogP contribution is 2.27. The minimum atomic E-state index is -0.460. The van der Waals surface area contributed by atoms with Crippen molar-refractivity contribution in [2.45, 2.75) is 13.3 Å². The summed E-state index contributed by atoms with van der Waals surface area (Å²) in [7, 11) is 0. The lowest BCUT2D eigenvalue weighted by molar-refractivity contribution is 0.585. The largest absolute Gasteiger partial charge is 0.330 e. The fourth-order valence-electron chi connectivity index (χ4n) is 1.63. The van der Waals surface area contributed by atoms with Crippen LogP contribution in [0.4, 0.5) is 8.78 Å². The van der Waals surface area contributed by atoms with Gasteiger partial charge in [0.1, 0.15) is 16.6 Å². The van der Waals surface area contributed by atoms with Gasteiger partial charge in [-0.25, -0.2) is 13.8 Å². The Morgan fingerprint density at radius 1 is 1.39 bits per heavy atom. The minimum absolute atomic E-state index is 0.214. The molecule has 0 fully saturated rings. The van der Waals surface area contributed by atoms with Gasteiger partial charge in [0.05, 0.1) is 5.69 Å². The number of nitrogens with two attached hydrogens (primary N) is 1. The Balaban J connectivity index is 2.26. The number of benzene rings is 1. The van der Waals surface area contributed by atoms with E-state index in [0.29, 0.717) is 17.5 Å². The molecule has 0 bridgehead atoms. The highest BCUT2D eigenvalue weighted by atomic mass is 32.1. The zero-order chi connectivity index (χ0) is 13.1. The molecule has 0 aliphatic rings. The van der Waals surface area contributed by atoms with E-state index in [4.69, 9.17) is 5.73 Å². The Morgan fingerprint density at radius 3 is 2.89 bits per heavy atom. The molecular weight excluding hydrogens is 254 g/mol. The number of aromatic nitrogens is 1. The second-order valence-electron chi connectivity index (χ2n) is 4.31. The maximum atomic E-state index is 13.6. The second kappa shape index (κ2) is 5.54. The lowest BCUT2D eigenvalue weighted by atomic mass is 10.1. The number of rotatable bonds is 4. The summed E-state index contributed by atoms with van der Waals surface area (Å²) in [5.41, 5.74) is 6.63. The van der Waals surface area contributed by atoms with Crippen LogP contribution in [-0.2, 0) is 6.42 Å². The van der Waals surface area contributed by atoms with E-state index in [1.165, 1.54) is 17.4 Å². The number of hydrogen-bond donors (Lipinski definition) is 1. The number of thiazole rings is 1. The molecule has 2 rings (SSSR count). The van der Waals surface area contributed by atoms with Crippen molar-refractivity contribution in [3.8, 4) is 10.6 Å². The molecule has 0 amide bonds. The van der Waals surface area contributed by atoms with Gasteiger partial charge in [-0.3, -0.25) is 0 Å². The maximum Gasteiger partial charge on any atom is 0.133 e. The fourth-order valence-corrected chi connectivity index (χ4v) is 2.48. The van der Waals surface area contributed by atoms with Crippen molar-refractivity contribution in [2.75, 3.05) is 6.54 Å². The second-order valence-corrected chi connectivity index (χ2v) is 5.17. The molecule has 18 heavy (non-hydrogen) atoms. The van der Waals surface area contributed by atoms with Crippen molar-refractivity contribution in [1.82, 2.24) is 4.98 Å². The molecule has 0 saturated carbocycles. The van der Waals surface area contributed by atoms with Crippen molar-refractivity contribution in [2.24, 2.45) is 11.7 Å². The van der Waals surface area contributed by atoms with Crippen LogP contribution in [0.5, 0.6) is 0 Å². The molecule has 1 unspecified atom stereocenters. The molecule has 0 spiro atoms. The van der Waals surface area contributed by atoms with Crippen molar-refractivity contribution in [1.29, 1.82) is 0 Å². The van der Waals surface area contributed by atoms with E-state index in [1.807, 2.05) is 12.3 Å². The normalized spacial score (nSPS) is 12.7. The van der Waals surface area contributed by atoms with E-state index in [-0.39, 0.29) is 5.56 Å². The summed E-state index contributed by atoms with van der Waals surface area (Å²) in [6.45, 7) is 2.61. The summed E-state index contributed by atoms with van der Waals surface area (Å²) in [5, 5.41) is 2.37. The van der Waals surface area contributed by atoms with Gasteiger partial charge in [0.25, 0.3) is 0 Å². The lowest BCUT2D eigenvalue weighted by Gasteiger charge is -2.04. The number of halogens is 2. The minimum Gasteiger partial charge on any atom is -0.330 e. The van der Waals surface area contributed by atoms with Crippen LogP contribution < -0.4 is 5.73 Å². The Hall–Kier alpha value is -1.33. The topological polar surface area (TPSA) is 38.9 Å². The van der Waals surface area contributed by atoms with E-state index < -0.39 is 11.6 Å². The van der Waals surface area contributed by atoms with Gasteiger partial charge in [-0.15, -0.1) is 11.3 Å². The van der Waals surface area contributed by atoms with E-state index in [1.54, 1.807) is 0 Å². The van der Waals surface area contributed by atoms with Gasteiger partial charge in [0.2, 0.25) is 0 Å². The van der Waals surface area contributed by atoms with Crippen LogP contribution in [0, 0.1) is 17.6 Å². The van der Waals surface area contributed by atoms with Gasteiger partial charge in [0.15, 0.2) is 0 Å². The Kier molecular flexibility index (Phi) is 4.04. The summed E-state index contributed by atoms with van der Waals surface area (Å²) in [6, 6.07) is 3.39. The maximum absolute atomic E-state index is 13.6. The molecule has 2 N–H and O–H groups in total. The predicted molar refractivity (Wildman–Crippen MR) is 69.4 cm³/mol. The van der Waals surface area contributed by atoms with Crippen LogP contribution in [0.1, 0.15) is 12.6 Å². The Morgan fingerprint density at radius 2 is 2.17 bits per heavy atom. The summed E-state index contributed by atoms with van der Waals surface area (Å²) >= 11 is 1.32. The standard InChI is InChI=1S/C13H14F2N2S/c1-8(6-16)4-10-7-18-13(17-10)11-5-9(14)2-3-12(11)15/h2-3,5,7-8H,4,6,16H2,1H3. The molecule has 1 aromatic heterocycles. The molecule has 2 aromatic rings. The van der Waals surface area contributed by atoms with Crippen molar-refractivity contribution in [3.05, 3.63) is 40.9 Å². The molecule has 96 valence electrons. The molecule has 0 radical (unpaired) electrons. The monoisotopic (exact) mass is 268 g/mol. The molecule has 1 heterocycles. The van der Waals surface area contributed by atoms with Crippen LogP contribution >= 0.6 is 11.3 Å². The number of nitrogens with zero attached hydrogens (tertiary/aromatic N) is 1. The van der Waals surface area contributed by atoms with Crippen molar-refractivity contribution < 1.29 is 8.78 Å². The van der Waals surface area contributed by atoms with Crippen LogP contribution in [0.2, 0.25) is 0 Å². The average Bonchev–Trinajstić information content (AvgIpc) is 2.80. The SMILES string of the molecule is CC(CN)Cc1csc(-c2cc(F)ccc2F)n1. The van der Waals surface area contributed by atoms with Crippen LogP contribution in [0.25, 0.3) is 10.6 Å². The predicted octanol–water partition coefficient (Wildman–Crippen LogP) is 3.23. The third-order valence-corrected chi connectivity index (χ3v) is 3.59. The number of hydrogen-bond acceptors (Lipinski definition) is 3. The van der Waals surface area contributed by atoms with Crippen LogP contribution in [0.3, 0.4) is 0 Å². The Labute approximate surface area is 108 Å². The van der Waals surface area contributed by atoms with Gasteiger partial charge in [-0.1, -0.05) is 6.92 Å². The summed E-state index contributed by atoms with van der Waals surface area (Å²) in [4.78, 5) is 4.33. The van der Waals surface area contributed by atoms with Gasteiger partial charge >= 0.3 is 0 Å². The molecule has 1 atom stereocenters. The molecule has 2 nitrogen and oxygen atoms in total. The highest BCUT2D eigenvalue weighted by molar-refractivity contribution is 7.13. The third-order valence-electron chi connectivity index (χ3n) is 2.67.